The van der Waals surface area contributed by atoms with E-state index in [1.165, 1.54) is 9.80 Å². The van der Waals surface area contributed by atoms with E-state index in [2.05, 4.69) is 20.9 Å². The van der Waals surface area contributed by atoms with Crippen LogP contribution < -0.4 is 0 Å². The molecule has 1 heterocycles. The summed E-state index contributed by atoms with van der Waals surface area (Å²) in [4.78, 5) is 29.4. The summed E-state index contributed by atoms with van der Waals surface area (Å²) in [6, 6.07) is 1.70. The Morgan fingerprint density at radius 1 is 1.41 bits per heavy atom. The Morgan fingerprint density at radius 2 is 2.06 bits per heavy atom. The second kappa shape index (κ2) is 5.86. The van der Waals surface area contributed by atoms with Crippen molar-refractivity contribution in [3.8, 4) is 0 Å². The van der Waals surface area contributed by atoms with Crippen LogP contribution in [0.25, 0.3) is 0 Å². The van der Waals surface area contributed by atoms with Crippen molar-refractivity contribution in [3.63, 3.8) is 0 Å². The Hall–Kier alpha value is -1.30. The first-order valence-electron chi connectivity index (χ1n) is 5.29. The molecule has 0 aliphatic heterocycles. The van der Waals surface area contributed by atoms with E-state index in [4.69, 9.17) is 0 Å². The van der Waals surface area contributed by atoms with E-state index < -0.39 is 0 Å². The van der Waals surface area contributed by atoms with Crippen molar-refractivity contribution in [2.75, 3.05) is 27.2 Å². The molecule has 0 fully saturated rings. The first kappa shape index (κ1) is 13.8. The van der Waals surface area contributed by atoms with E-state index in [0.29, 0.717) is 12.2 Å². The highest BCUT2D eigenvalue weighted by Gasteiger charge is 2.19. The Kier molecular flexibility index (Phi) is 4.74. The maximum Gasteiger partial charge on any atom is 0.270 e. The largest absolute Gasteiger partial charge is 0.356 e. The average molecular weight is 302 g/mol. The van der Waals surface area contributed by atoms with Crippen molar-refractivity contribution in [1.29, 1.82) is 0 Å². The normalized spacial score (nSPS) is 10.1. The number of halogens is 1. The van der Waals surface area contributed by atoms with E-state index in [1.54, 1.807) is 26.4 Å². The number of nitrogens with one attached hydrogen (secondary N) is 1. The van der Waals surface area contributed by atoms with Crippen LogP contribution in [0.2, 0.25) is 0 Å². The number of likely N-dealkylation sites (N-methyl/N-ethyl adjacent to an activating group) is 2. The Morgan fingerprint density at radius 3 is 2.47 bits per heavy atom. The molecule has 6 heteroatoms. The maximum absolute atomic E-state index is 12.1. The zero-order valence-electron chi connectivity index (χ0n) is 10.2. The molecule has 0 aromatic carbocycles. The minimum Gasteiger partial charge on any atom is -0.356 e. The zero-order chi connectivity index (χ0) is 13.0. The standard InChI is InChI=1S/C11H16BrN3O2/c1-4-15(7-10(16)14(2)3)11(17)9-5-8(12)6-13-9/h5-6,13H,4,7H2,1-3H3. The van der Waals surface area contributed by atoms with Crippen LogP contribution in [-0.2, 0) is 4.79 Å². The van der Waals surface area contributed by atoms with Crippen LogP contribution in [0.4, 0.5) is 0 Å². The van der Waals surface area contributed by atoms with Crippen molar-refractivity contribution < 1.29 is 9.59 Å². The lowest BCUT2D eigenvalue weighted by Gasteiger charge is -2.21. The number of hydrogen-bond donors (Lipinski definition) is 1. The summed E-state index contributed by atoms with van der Waals surface area (Å²) in [7, 11) is 3.34. The van der Waals surface area contributed by atoms with Crippen molar-refractivity contribution in [2.45, 2.75) is 6.92 Å². The molecule has 1 rings (SSSR count). The number of aromatic amines is 1. The maximum atomic E-state index is 12.1. The molecule has 0 aliphatic carbocycles. The minimum absolute atomic E-state index is 0.0918. The Bertz CT molecular complexity index is 415. The predicted molar refractivity (Wildman–Crippen MR) is 68.8 cm³/mol. The van der Waals surface area contributed by atoms with Gasteiger partial charge >= 0.3 is 0 Å². The van der Waals surface area contributed by atoms with Gasteiger partial charge in [-0.05, 0) is 28.9 Å². The van der Waals surface area contributed by atoms with Crippen molar-refractivity contribution in [2.24, 2.45) is 0 Å². The molecular weight excluding hydrogens is 286 g/mol. The van der Waals surface area contributed by atoms with E-state index in [1.807, 2.05) is 6.92 Å². The van der Waals surface area contributed by atoms with Crippen LogP contribution in [0.1, 0.15) is 17.4 Å². The quantitative estimate of drug-likeness (QED) is 0.912. The Labute approximate surface area is 109 Å². The zero-order valence-corrected chi connectivity index (χ0v) is 11.7. The molecule has 0 saturated heterocycles. The van der Waals surface area contributed by atoms with E-state index in [-0.39, 0.29) is 18.4 Å². The van der Waals surface area contributed by atoms with Crippen LogP contribution in [-0.4, -0.2) is 53.8 Å². The smallest absolute Gasteiger partial charge is 0.270 e. The number of amides is 2. The molecular formula is C11H16BrN3O2. The molecule has 0 aliphatic rings. The summed E-state index contributed by atoms with van der Waals surface area (Å²) < 4.78 is 0.816. The molecule has 0 saturated carbocycles. The van der Waals surface area contributed by atoms with Crippen molar-refractivity contribution in [3.05, 3.63) is 22.4 Å². The molecule has 0 radical (unpaired) electrons. The fourth-order valence-corrected chi connectivity index (χ4v) is 1.64. The molecule has 5 nitrogen and oxygen atoms in total. The van der Waals surface area contributed by atoms with Crippen LogP contribution in [0.3, 0.4) is 0 Å². The SMILES string of the molecule is CCN(CC(=O)N(C)C)C(=O)c1cc(Br)c[nH]1. The second-order valence-electron chi connectivity index (χ2n) is 3.84. The summed E-state index contributed by atoms with van der Waals surface area (Å²) in [5.74, 6) is -0.265. The van der Waals surface area contributed by atoms with Gasteiger partial charge in [0.15, 0.2) is 0 Å². The number of hydrogen-bond acceptors (Lipinski definition) is 2. The summed E-state index contributed by atoms with van der Waals surface area (Å²) >= 11 is 3.27. The highest BCUT2D eigenvalue weighted by molar-refractivity contribution is 9.10. The van der Waals surface area contributed by atoms with Crippen LogP contribution >= 0.6 is 15.9 Å². The fraction of sp³-hybridized carbons (Fsp3) is 0.455. The summed E-state index contributed by atoms with van der Waals surface area (Å²) in [5.41, 5.74) is 0.477. The first-order chi connectivity index (χ1) is 7.95. The van der Waals surface area contributed by atoms with Crippen LogP contribution in [0, 0.1) is 0 Å². The van der Waals surface area contributed by atoms with Gasteiger partial charge in [-0.3, -0.25) is 9.59 Å². The van der Waals surface area contributed by atoms with Gasteiger partial charge in [-0.2, -0.15) is 0 Å². The highest BCUT2D eigenvalue weighted by Crippen LogP contribution is 2.12. The molecule has 0 bridgehead atoms. The van der Waals surface area contributed by atoms with Gasteiger partial charge in [0, 0.05) is 31.3 Å². The average Bonchev–Trinajstić information content (AvgIpc) is 2.71. The lowest BCUT2D eigenvalue weighted by atomic mass is 10.3. The predicted octanol–water partition coefficient (Wildman–Crippen LogP) is 1.33. The molecule has 17 heavy (non-hydrogen) atoms. The first-order valence-corrected chi connectivity index (χ1v) is 6.08. The molecule has 1 aromatic rings. The second-order valence-corrected chi connectivity index (χ2v) is 4.75. The fourth-order valence-electron chi connectivity index (χ4n) is 1.29. The molecule has 1 N–H and O–H groups in total. The van der Waals surface area contributed by atoms with E-state index in [0.717, 1.165) is 4.47 Å². The van der Waals surface area contributed by atoms with Gasteiger partial charge in [0.2, 0.25) is 5.91 Å². The third-order valence-electron chi connectivity index (χ3n) is 2.37. The lowest BCUT2D eigenvalue weighted by Crippen LogP contribution is -2.40. The summed E-state index contributed by atoms with van der Waals surface area (Å²) in [6.07, 6.45) is 1.69. The molecule has 94 valence electrons. The van der Waals surface area contributed by atoms with Gasteiger partial charge in [-0.15, -0.1) is 0 Å². The van der Waals surface area contributed by atoms with Gasteiger partial charge in [-0.25, -0.2) is 0 Å². The van der Waals surface area contributed by atoms with Crippen LogP contribution in [0.15, 0.2) is 16.7 Å². The molecule has 0 atom stereocenters. The van der Waals surface area contributed by atoms with E-state index >= 15 is 0 Å². The summed E-state index contributed by atoms with van der Waals surface area (Å²) in [6.45, 7) is 2.44. The van der Waals surface area contributed by atoms with Gasteiger partial charge in [0.05, 0.1) is 0 Å². The molecule has 1 aromatic heterocycles. The third kappa shape index (κ3) is 3.59. The number of H-pyrrole nitrogens is 1. The lowest BCUT2D eigenvalue weighted by molar-refractivity contribution is -0.129. The molecule has 0 unspecified atom stereocenters. The van der Waals surface area contributed by atoms with Crippen LogP contribution in [0.5, 0.6) is 0 Å². The number of rotatable bonds is 4. The minimum atomic E-state index is -0.173. The summed E-state index contributed by atoms with van der Waals surface area (Å²) in [5, 5.41) is 0. The molecule has 2 amide bonds. The van der Waals surface area contributed by atoms with E-state index in [9.17, 15) is 9.59 Å². The number of aromatic nitrogens is 1. The van der Waals surface area contributed by atoms with Gasteiger partial charge < -0.3 is 14.8 Å². The van der Waals surface area contributed by atoms with Crippen molar-refractivity contribution in [1.82, 2.24) is 14.8 Å². The number of carbonyl (C=O) groups excluding carboxylic acids is 2. The van der Waals surface area contributed by atoms with Gasteiger partial charge in [-0.1, -0.05) is 0 Å². The topological polar surface area (TPSA) is 56.4 Å². The Balaban J connectivity index is 2.74. The van der Waals surface area contributed by atoms with Gasteiger partial charge in [0.1, 0.15) is 12.2 Å². The number of nitrogens with zero attached hydrogens (tertiary/aromatic N) is 2. The highest BCUT2D eigenvalue weighted by atomic mass is 79.9. The third-order valence-corrected chi connectivity index (χ3v) is 2.83. The molecule has 0 spiro atoms. The van der Waals surface area contributed by atoms with Gasteiger partial charge in [0.25, 0.3) is 5.91 Å². The van der Waals surface area contributed by atoms with Crippen molar-refractivity contribution >= 4 is 27.7 Å². The number of carbonyl (C=O) groups is 2. The monoisotopic (exact) mass is 301 g/mol.